The van der Waals surface area contributed by atoms with Crippen LogP contribution in [0, 0.1) is 0 Å². The van der Waals surface area contributed by atoms with E-state index in [0.717, 1.165) is 22.9 Å². The second-order valence-electron chi connectivity index (χ2n) is 4.45. The Labute approximate surface area is 109 Å². The Balaban J connectivity index is 1.93. The predicted molar refractivity (Wildman–Crippen MR) is 70.3 cm³/mol. The fourth-order valence-corrected chi connectivity index (χ4v) is 3.84. The summed E-state index contributed by atoms with van der Waals surface area (Å²) in [7, 11) is -3.25. The third-order valence-electron chi connectivity index (χ3n) is 3.07. The number of rotatable bonds is 3. The molecule has 1 aromatic carbocycles. The third-order valence-corrected chi connectivity index (χ3v) is 5.46. The van der Waals surface area contributed by atoms with Crippen molar-refractivity contribution in [2.45, 2.75) is 23.8 Å². The second kappa shape index (κ2) is 3.93. The molecule has 1 aromatic rings. The first-order valence-corrected chi connectivity index (χ1v) is 7.83. The highest BCUT2D eigenvalue weighted by Gasteiger charge is 2.30. The van der Waals surface area contributed by atoms with E-state index in [4.69, 9.17) is 0 Å². The molecular formula is C12H12BrNO2S. The molecule has 3 rings (SSSR count). The fraction of sp³-hybridized carbons (Fsp3) is 0.333. The van der Waals surface area contributed by atoms with Crippen molar-refractivity contribution >= 4 is 31.8 Å². The number of fused-ring (bicyclic) bond motifs is 1. The van der Waals surface area contributed by atoms with Crippen LogP contribution < -0.4 is 5.32 Å². The summed E-state index contributed by atoms with van der Waals surface area (Å²) in [6.45, 7) is 0.444. The maximum atomic E-state index is 12.2. The van der Waals surface area contributed by atoms with E-state index in [2.05, 4.69) is 21.2 Å². The van der Waals surface area contributed by atoms with Gasteiger partial charge in [0.25, 0.3) is 0 Å². The Morgan fingerprint density at radius 3 is 2.82 bits per heavy atom. The molecule has 17 heavy (non-hydrogen) atoms. The summed E-state index contributed by atoms with van der Waals surface area (Å²) in [5.74, 6) is 0. The summed E-state index contributed by atoms with van der Waals surface area (Å²) in [4.78, 5) is 0.908. The summed E-state index contributed by atoms with van der Waals surface area (Å²) in [5, 5.41) is 3.24. The van der Waals surface area contributed by atoms with Crippen molar-refractivity contribution in [3.8, 4) is 0 Å². The van der Waals surface area contributed by atoms with Gasteiger partial charge in [0.05, 0.1) is 9.80 Å². The van der Waals surface area contributed by atoms with Gasteiger partial charge in [-0.1, -0.05) is 15.9 Å². The van der Waals surface area contributed by atoms with Crippen LogP contribution in [-0.4, -0.2) is 21.0 Å². The molecule has 1 saturated carbocycles. The lowest BCUT2D eigenvalue weighted by molar-refractivity contribution is 0.600. The zero-order valence-electron chi connectivity index (χ0n) is 9.11. The highest BCUT2D eigenvalue weighted by Crippen LogP contribution is 2.34. The largest absolute Gasteiger partial charge is 0.309 e. The molecule has 0 saturated heterocycles. The zero-order valence-corrected chi connectivity index (χ0v) is 11.5. The van der Waals surface area contributed by atoms with Gasteiger partial charge in [-0.25, -0.2) is 8.42 Å². The number of hydrogen-bond acceptors (Lipinski definition) is 3. The Kier molecular flexibility index (Phi) is 2.65. The standard InChI is InChI=1S/C12H12BrNO2S/c13-9-1-4-12-8(5-9)6-11(17(12,15)16)7-14-10-2-3-10/h1,4-6,10,14H,2-3,7H2. The molecule has 0 bridgehead atoms. The number of nitrogens with one attached hydrogen (secondary N) is 1. The molecule has 5 heteroatoms. The third kappa shape index (κ3) is 2.07. The summed E-state index contributed by atoms with van der Waals surface area (Å²) >= 11 is 3.35. The fourth-order valence-electron chi connectivity index (χ4n) is 1.95. The first kappa shape index (κ1) is 11.4. The Bertz CT molecular complexity index is 603. The second-order valence-corrected chi connectivity index (χ2v) is 7.34. The molecule has 0 unspecified atom stereocenters. The van der Waals surface area contributed by atoms with E-state index >= 15 is 0 Å². The Hall–Kier alpha value is -0.650. The quantitative estimate of drug-likeness (QED) is 0.931. The van der Waals surface area contributed by atoms with Gasteiger partial charge in [0.15, 0.2) is 0 Å². The van der Waals surface area contributed by atoms with Gasteiger partial charge in [0.1, 0.15) is 0 Å². The first-order valence-electron chi connectivity index (χ1n) is 5.56. The van der Waals surface area contributed by atoms with Crippen molar-refractivity contribution in [1.82, 2.24) is 5.32 Å². The molecule has 1 heterocycles. The predicted octanol–water partition coefficient (Wildman–Crippen LogP) is 2.33. The van der Waals surface area contributed by atoms with Crippen LogP contribution in [0.25, 0.3) is 6.08 Å². The van der Waals surface area contributed by atoms with Gasteiger partial charge in [0.2, 0.25) is 9.84 Å². The van der Waals surface area contributed by atoms with Crippen molar-refractivity contribution in [3.63, 3.8) is 0 Å². The molecule has 1 fully saturated rings. The van der Waals surface area contributed by atoms with Gasteiger partial charge in [-0.3, -0.25) is 0 Å². The van der Waals surface area contributed by atoms with Gasteiger partial charge < -0.3 is 5.32 Å². The normalized spacial score (nSPS) is 21.1. The molecular weight excluding hydrogens is 302 g/mol. The highest BCUT2D eigenvalue weighted by atomic mass is 79.9. The maximum Gasteiger partial charge on any atom is 0.204 e. The van der Waals surface area contributed by atoms with Crippen LogP contribution in [0.1, 0.15) is 18.4 Å². The lowest BCUT2D eigenvalue weighted by Gasteiger charge is -2.04. The van der Waals surface area contributed by atoms with Gasteiger partial charge in [0, 0.05) is 17.1 Å². The van der Waals surface area contributed by atoms with Crippen molar-refractivity contribution in [2.75, 3.05) is 6.54 Å². The lowest BCUT2D eigenvalue weighted by Crippen LogP contribution is -2.21. The molecule has 1 N–H and O–H groups in total. The van der Waals surface area contributed by atoms with E-state index < -0.39 is 9.84 Å². The summed E-state index contributed by atoms with van der Waals surface area (Å²) in [6.07, 6.45) is 4.09. The van der Waals surface area contributed by atoms with Crippen LogP contribution in [0.2, 0.25) is 0 Å². The summed E-state index contributed by atoms with van der Waals surface area (Å²) in [5.41, 5.74) is 0.784. The van der Waals surface area contributed by atoms with Crippen LogP contribution in [0.5, 0.6) is 0 Å². The number of hydrogen-bond donors (Lipinski definition) is 1. The molecule has 0 radical (unpaired) electrons. The van der Waals surface area contributed by atoms with Crippen molar-refractivity contribution in [3.05, 3.63) is 33.1 Å². The van der Waals surface area contributed by atoms with Crippen molar-refractivity contribution in [2.24, 2.45) is 0 Å². The van der Waals surface area contributed by atoms with E-state index in [1.807, 2.05) is 6.07 Å². The molecule has 1 aliphatic heterocycles. The average Bonchev–Trinajstić information content (AvgIpc) is 3.03. The Morgan fingerprint density at radius 1 is 1.35 bits per heavy atom. The van der Waals surface area contributed by atoms with Crippen LogP contribution in [0.3, 0.4) is 0 Å². The van der Waals surface area contributed by atoms with Crippen LogP contribution in [0.15, 0.2) is 32.5 Å². The minimum absolute atomic E-state index is 0.424. The smallest absolute Gasteiger partial charge is 0.204 e. The molecule has 0 aromatic heterocycles. The van der Waals surface area contributed by atoms with Crippen LogP contribution in [0.4, 0.5) is 0 Å². The van der Waals surface area contributed by atoms with Crippen molar-refractivity contribution in [1.29, 1.82) is 0 Å². The van der Waals surface area contributed by atoms with Gasteiger partial charge >= 0.3 is 0 Å². The van der Waals surface area contributed by atoms with Crippen LogP contribution in [-0.2, 0) is 9.84 Å². The van der Waals surface area contributed by atoms with E-state index in [0.29, 0.717) is 22.4 Å². The Morgan fingerprint density at radius 2 is 2.12 bits per heavy atom. The monoisotopic (exact) mass is 313 g/mol. The minimum Gasteiger partial charge on any atom is -0.309 e. The summed E-state index contributed by atoms with van der Waals surface area (Å²) in [6, 6.07) is 5.79. The molecule has 1 aliphatic carbocycles. The van der Waals surface area contributed by atoms with Gasteiger partial charge in [-0.2, -0.15) is 0 Å². The first-order chi connectivity index (χ1) is 8.07. The van der Waals surface area contributed by atoms with E-state index in [-0.39, 0.29) is 0 Å². The SMILES string of the molecule is O=S1(=O)C(CNC2CC2)=Cc2cc(Br)ccc21. The van der Waals surface area contributed by atoms with E-state index in [9.17, 15) is 8.42 Å². The topological polar surface area (TPSA) is 46.2 Å². The lowest BCUT2D eigenvalue weighted by atomic mass is 10.2. The molecule has 0 spiro atoms. The van der Waals surface area contributed by atoms with Crippen molar-refractivity contribution < 1.29 is 8.42 Å². The molecule has 2 aliphatic rings. The molecule has 0 atom stereocenters. The average molecular weight is 314 g/mol. The van der Waals surface area contributed by atoms with Crippen LogP contribution >= 0.6 is 15.9 Å². The van der Waals surface area contributed by atoms with Gasteiger partial charge in [-0.15, -0.1) is 0 Å². The number of sulfone groups is 1. The number of benzene rings is 1. The minimum atomic E-state index is -3.25. The summed E-state index contributed by atoms with van der Waals surface area (Å²) < 4.78 is 25.3. The van der Waals surface area contributed by atoms with Gasteiger partial charge in [-0.05, 0) is 42.7 Å². The van der Waals surface area contributed by atoms with E-state index in [1.165, 1.54) is 0 Å². The molecule has 0 amide bonds. The zero-order chi connectivity index (χ0) is 12.0. The number of halogens is 1. The molecule has 90 valence electrons. The highest BCUT2D eigenvalue weighted by molar-refractivity contribution is 9.10. The van der Waals surface area contributed by atoms with E-state index in [1.54, 1.807) is 18.2 Å². The molecule has 3 nitrogen and oxygen atoms in total. The maximum absolute atomic E-state index is 12.2.